The molecule has 7 nitrogen and oxygen atoms in total. The van der Waals surface area contributed by atoms with Gasteiger partial charge in [0.2, 0.25) is 5.95 Å². The number of rotatable bonds is 6. The highest BCUT2D eigenvalue weighted by atomic mass is 32.2. The highest BCUT2D eigenvalue weighted by molar-refractivity contribution is 7.98. The van der Waals surface area contributed by atoms with Crippen molar-refractivity contribution in [3.63, 3.8) is 0 Å². The molecule has 1 aromatic heterocycles. The normalized spacial score (nSPS) is 18.2. The molecule has 32 heavy (non-hydrogen) atoms. The minimum atomic E-state index is -0.145. The molecule has 1 aliphatic rings. The van der Waals surface area contributed by atoms with Crippen LogP contribution in [0.4, 0.5) is 22.2 Å². The monoisotopic (exact) mass is 450 g/mol. The maximum atomic E-state index is 12.4. The standard InChI is InChI=1S/C24H30N6OS/c1-30(2)22-20-9-4-5-10-21(20)28-23(29-22)25-16-11-13-17(14-12-16)26-24(31)27-18-7-6-8-19(15-18)32-3/h4-10,15-17H,11-14H2,1-3H3,(H,25,28,29)(H2,26,27,31). The van der Waals surface area contributed by atoms with Crippen LogP contribution in [0.15, 0.2) is 53.4 Å². The molecular formula is C24H30N6OS. The Morgan fingerprint density at radius 1 is 1.00 bits per heavy atom. The van der Waals surface area contributed by atoms with Gasteiger partial charge in [0.05, 0.1) is 5.52 Å². The molecule has 3 N–H and O–H groups in total. The van der Waals surface area contributed by atoms with E-state index in [-0.39, 0.29) is 12.1 Å². The van der Waals surface area contributed by atoms with E-state index in [2.05, 4.69) is 16.0 Å². The van der Waals surface area contributed by atoms with E-state index in [9.17, 15) is 4.79 Å². The largest absolute Gasteiger partial charge is 0.362 e. The van der Waals surface area contributed by atoms with Gasteiger partial charge < -0.3 is 20.9 Å². The first kappa shape index (κ1) is 22.2. The Labute approximate surface area is 193 Å². The highest BCUT2D eigenvalue weighted by Gasteiger charge is 2.23. The molecule has 1 heterocycles. The molecule has 168 valence electrons. The third kappa shape index (κ3) is 5.43. The minimum absolute atomic E-state index is 0.145. The lowest BCUT2D eigenvalue weighted by Crippen LogP contribution is -2.42. The van der Waals surface area contributed by atoms with Crippen LogP contribution in [0, 0.1) is 0 Å². The van der Waals surface area contributed by atoms with Gasteiger partial charge in [0.25, 0.3) is 0 Å². The molecule has 0 bridgehead atoms. The van der Waals surface area contributed by atoms with Gasteiger partial charge in [-0.25, -0.2) is 9.78 Å². The Morgan fingerprint density at radius 2 is 1.75 bits per heavy atom. The van der Waals surface area contributed by atoms with Gasteiger partial charge in [-0.15, -0.1) is 11.8 Å². The number of para-hydroxylation sites is 1. The molecule has 2 amide bonds. The molecule has 0 unspecified atom stereocenters. The van der Waals surface area contributed by atoms with Crippen molar-refractivity contribution in [3.8, 4) is 0 Å². The number of nitrogens with one attached hydrogen (secondary N) is 3. The zero-order valence-corrected chi connectivity index (χ0v) is 19.6. The number of carbonyl (C=O) groups excluding carboxylic acids is 1. The van der Waals surface area contributed by atoms with Gasteiger partial charge in [0, 0.05) is 42.1 Å². The predicted octanol–water partition coefficient (Wildman–Crippen LogP) is 4.96. The van der Waals surface area contributed by atoms with E-state index in [1.54, 1.807) is 11.8 Å². The van der Waals surface area contributed by atoms with Crippen molar-refractivity contribution in [3.05, 3.63) is 48.5 Å². The second kappa shape index (κ2) is 10.1. The summed E-state index contributed by atoms with van der Waals surface area (Å²) in [6, 6.07) is 16.3. The van der Waals surface area contributed by atoms with Crippen LogP contribution >= 0.6 is 11.8 Å². The van der Waals surface area contributed by atoms with E-state index in [0.29, 0.717) is 12.0 Å². The lowest BCUT2D eigenvalue weighted by molar-refractivity contribution is 0.243. The lowest BCUT2D eigenvalue weighted by atomic mass is 9.91. The Morgan fingerprint density at radius 3 is 2.50 bits per heavy atom. The summed E-state index contributed by atoms with van der Waals surface area (Å²) in [6.45, 7) is 0. The van der Waals surface area contributed by atoms with Gasteiger partial charge in [0.1, 0.15) is 5.82 Å². The third-order valence-electron chi connectivity index (χ3n) is 5.73. The van der Waals surface area contributed by atoms with Crippen LogP contribution in [0.5, 0.6) is 0 Å². The van der Waals surface area contributed by atoms with Gasteiger partial charge in [-0.1, -0.05) is 18.2 Å². The number of anilines is 3. The summed E-state index contributed by atoms with van der Waals surface area (Å²) in [7, 11) is 4.00. The number of benzene rings is 2. The average molecular weight is 451 g/mol. The Kier molecular flexibility index (Phi) is 6.99. The fourth-order valence-corrected chi connectivity index (χ4v) is 4.54. The summed E-state index contributed by atoms with van der Waals surface area (Å²) < 4.78 is 0. The van der Waals surface area contributed by atoms with Crippen molar-refractivity contribution in [2.45, 2.75) is 42.7 Å². The first-order chi connectivity index (χ1) is 15.5. The van der Waals surface area contributed by atoms with Crippen LogP contribution in [0.2, 0.25) is 0 Å². The zero-order chi connectivity index (χ0) is 22.5. The van der Waals surface area contributed by atoms with Crippen molar-refractivity contribution < 1.29 is 4.79 Å². The van der Waals surface area contributed by atoms with Crippen LogP contribution in [-0.2, 0) is 0 Å². The van der Waals surface area contributed by atoms with E-state index >= 15 is 0 Å². The van der Waals surface area contributed by atoms with Gasteiger partial charge in [0.15, 0.2) is 0 Å². The fraction of sp³-hybridized carbons (Fsp3) is 0.375. The first-order valence-electron chi connectivity index (χ1n) is 10.9. The molecule has 0 aliphatic heterocycles. The van der Waals surface area contributed by atoms with Crippen LogP contribution in [0.25, 0.3) is 10.9 Å². The lowest BCUT2D eigenvalue weighted by Gasteiger charge is -2.30. The topological polar surface area (TPSA) is 82.2 Å². The van der Waals surface area contributed by atoms with Gasteiger partial charge in [-0.05, 0) is 62.3 Å². The van der Waals surface area contributed by atoms with Crippen molar-refractivity contribution in [2.24, 2.45) is 0 Å². The molecule has 8 heteroatoms. The van der Waals surface area contributed by atoms with Crippen LogP contribution in [0.1, 0.15) is 25.7 Å². The molecule has 0 radical (unpaired) electrons. The summed E-state index contributed by atoms with van der Waals surface area (Å²) in [5.74, 6) is 1.57. The fourth-order valence-electron chi connectivity index (χ4n) is 4.08. The van der Waals surface area contributed by atoms with E-state index in [1.807, 2.05) is 73.8 Å². The molecular weight excluding hydrogens is 420 g/mol. The number of carbonyl (C=O) groups is 1. The summed E-state index contributed by atoms with van der Waals surface area (Å²) in [5, 5.41) is 10.6. The number of nitrogens with zero attached hydrogens (tertiary/aromatic N) is 3. The number of thioether (sulfide) groups is 1. The Bertz CT molecular complexity index is 1080. The van der Waals surface area contributed by atoms with Crippen LogP contribution < -0.4 is 20.9 Å². The van der Waals surface area contributed by atoms with Crippen LogP contribution in [0.3, 0.4) is 0 Å². The van der Waals surface area contributed by atoms with Crippen molar-refractivity contribution in [1.29, 1.82) is 0 Å². The van der Waals surface area contributed by atoms with Crippen LogP contribution in [-0.4, -0.2) is 48.4 Å². The number of fused-ring (bicyclic) bond motifs is 1. The highest BCUT2D eigenvalue weighted by Crippen LogP contribution is 2.26. The minimum Gasteiger partial charge on any atom is -0.362 e. The van der Waals surface area contributed by atoms with Crippen molar-refractivity contribution >= 4 is 46.1 Å². The van der Waals surface area contributed by atoms with Gasteiger partial charge >= 0.3 is 6.03 Å². The Hall–Kier alpha value is -3.00. The number of amides is 2. The van der Waals surface area contributed by atoms with E-state index in [1.165, 1.54) is 0 Å². The summed E-state index contributed by atoms with van der Waals surface area (Å²) in [5.41, 5.74) is 1.75. The third-order valence-corrected chi connectivity index (χ3v) is 6.46. The summed E-state index contributed by atoms with van der Waals surface area (Å²) in [6.07, 6.45) is 5.78. The summed E-state index contributed by atoms with van der Waals surface area (Å²) in [4.78, 5) is 25.0. The molecule has 1 fully saturated rings. The average Bonchev–Trinajstić information content (AvgIpc) is 2.80. The van der Waals surface area contributed by atoms with E-state index in [4.69, 9.17) is 9.97 Å². The first-order valence-corrected chi connectivity index (χ1v) is 12.2. The second-order valence-corrected chi connectivity index (χ2v) is 9.19. The zero-order valence-electron chi connectivity index (χ0n) is 18.8. The molecule has 0 atom stereocenters. The number of hydrogen-bond donors (Lipinski definition) is 3. The molecule has 2 aromatic carbocycles. The summed E-state index contributed by atoms with van der Waals surface area (Å²) >= 11 is 1.66. The van der Waals surface area contributed by atoms with Crippen molar-refractivity contribution in [2.75, 3.05) is 35.9 Å². The quantitative estimate of drug-likeness (QED) is 0.461. The maximum Gasteiger partial charge on any atom is 0.319 e. The molecule has 1 saturated carbocycles. The van der Waals surface area contributed by atoms with Gasteiger partial charge in [-0.3, -0.25) is 0 Å². The number of aromatic nitrogens is 2. The molecule has 3 aromatic rings. The van der Waals surface area contributed by atoms with Crippen molar-refractivity contribution in [1.82, 2.24) is 15.3 Å². The molecule has 0 spiro atoms. The number of hydrogen-bond acceptors (Lipinski definition) is 6. The van der Waals surface area contributed by atoms with E-state index < -0.39 is 0 Å². The second-order valence-electron chi connectivity index (χ2n) is 8.31. The van der Waals surface area contributed by atoms with E-state index in [0.717, 1.165) is 53.0 Å². The predicted molar refractivity (Wildman–Crippen MR) is 134 cm³/mol. The van der Waals surface area contributed by atoms with Gasteiger partial charge in [-0.2, -0.15) is 4.98 Å². The SMILES string of the molecule is CSc1cccc(NC(=O)NC2CCC(Nc3nc(N(C)C)c4ccccc4n3)CC2)c1. The molecule has 0 saturated heterocycles. The smallest absolute Gasteiger partial charge is 0.319 e. The molecule has 1 aliphatic carbocycles. The molecule has 4 rings (SSSR count). The maximum absolute atomic E-state index is 12.4. The Balaban J connectivity index is 1.31. The number of urea groups is 1.